The highest BCUT2D eigenvalue weighted by atomic mass is 16.9. The Hall–Kier alpha value is -3.82. The molecule has 12 fully saturated rings. The maximum atomic E-state index is 16.5. The number of hydrogen-bond acceptors (Lipinski definition) is 47. The molecule has 1 amide bonds. The zero-order chi connectivity index (χ0) is 100. The zero-order valence-electron chi connectivity index (χ0n) is 78.0. The maximum Gasteiger partial charge on any atom is 0.317 e. The molecule has 0 aromatic carbocycles. The molecule has 8 heterocycles. The molecule has 0 aromatic heterocycles. The van der Waals surface area contributed by atoms with Gasteiger partial charge in [0, 0.05) is 6.92 Å². The molecule has 8 saturated heterocycles. The van der Waals surface area contributed by atoms with Gasteiger partial charge in [-0.05, 0) is 139 Å². The SMILES string of the molecule is CC(=O)OC1C(C)OC(OC2C(C)OC(OC(=O)[C@]34CCC(C)(C)CC3C3=CCC5[C@@]6(C)CC[C@H](OC(OC(C(=O)NC(C)(CO)CO)C(C)O)C(OC7OCC(O)C(O)C7O)OC7OC(CO)C(O)C(O)C7O)[C@@](C)(C=O)C6CC[C@@]5(C)[C@]3(C)C[C@H]4O)C(OC3OC(C)C(OC4OCC(O)C(OC5OC(CO)C(O)C(O)C5O)C4O)C(O)C3O)C2O)C(O)C1OC1OC(C)C(O)C(O)C1O. The van der Waals surface area contributed by atoms with Gasteiger partial charge in [0.1, 0.15) is 158 Å². The highest BCUT2D eigenvalue weighted by Gasteiger charge is 2.74. The number of hydrogen-bond donors (Lipinski definition) is 25. The first-order valence-corrected chi connectivity index (χ1v) is 46.7. The van der Waals surface area contributed by atoms with Crippen molar-refractivity contribution in [3.05, 3.63) is 11.6 Å². The van der Waals surface area contributed by atoms with Crippen LogP contribution < -0.4 is 5.32 Å². The average molecular weight is 1970 g/mol. The second-order valence-corrected chi connectivity index (χ2v) is 41.5. The molecule has 8 aliphatic heterocycles. The number of amides is 1. The number of carbonyl (C=O) groups excluding carboxylic acids is 4. The molecule has 13 rings (SSSR count). The van der Waals surface area contributed by atoms with Gasteiger partial charge in [0.2, 0.25) is 18.9 Å². The first-order valence-electron chi connectivity index (χ1n) is 46.7. The van der Waals surface area contributed by atoms with Crippen LogP contribution >= 0.6 is 0 Å². The van der Waals surface area contributed by atoms with E-state index in [9.17, 15) is 137 Å². The van der Waals surface area contributed by atoms with Crippen molar-refractivity contribution in [2.45, 2.75) is 424 Å². The molecule has 48 nitrogen and oxygen atoms in total. The molecule has 25 N–H and O–H groups in total. The van der Waals surface area contributed by atoms with Gasteiger partial charge in [-0.25, -0.2) is 0 Å². The summed E-state index contributed by atoms with van der Waals surface area (Å²) in [6, 6.07) is 0. The average Bonchev–Trinajstić information content (AvgIpc) is 0.668. The largest absolute Gasteiger partial charge is 0.457 e. The summed E-state index contributed by atoms with van der Waals surface area (Å²) >= 11 is 0. The highest BCUT2D eigenvalue weighted by molar-refractivity contribution is 5.82. The van der Waals surface area contributed by atoms with Crippen LogP contribution in [0, 0.1) is 50.2 Å². The first kappa shape index (κ1) is 109. The van der Waals surface area contributed by atoms with Gasteiger partial charge in [0.05, 0.1) is 93.3 Å². The summed E-state index contributed by atoms with van der Waals surface area (Å²) < 4.78 is 116. The number of fused-ring (bicyclic) bond motifs is 7. The van der Waals surface area contributed by atoms with Crippen LogP contribution in [0.3, 0.4) is 0 Å². The predicted octanol–water partition coefficient (Wildman–Crippen LogP) is -9.34. The van der Waals surface area contributed by atoms with E-state index in [4.69, 9.17) is 90.0 Å². The van der Waals surface area contributed by atoms with Crippen LogP contribution in [0.15, 0.2) is 11.6 Å². The van der Waals surface area contributed by atoms with Gasteiger partial charge in [0.15, 0.2) is 62.3 Å². The Morgan fingerprint density at radius 1 is 0.485 bits per heavy atom. The molecule has 5 aliphatic carbocycles. The third kappa shape index (κ3) is 20.5. The van der Waals surface area contributed by atoms with Gasteiger partial charge >= 0.3 is 11.9 Å². The van der Waals surface area contributed by atoms with Crippen molar-refractivity contribution >= 4 is 24.1 Å². The molecule has 0 bridgehead atoms. The minimum absolute atomic E-state index is 0.0153. The molecule has 0 radical (unpaired) electrons. The fraction of sp³-hybridized carbons (Fsp3) is 0.932. The van der Waals surface area contributed by atoms with Gasteiger partial charge in [-0.2, -0.15) is 0 Å². The topological polar surface area (TPSA) is 741 Å². The monoisotopic (exact) mass is 1970 g/mol. The van der Waals surface area contributed by atoms with E-state index in [2.05, 4.69) is 18.3 Å². The van der Waals surface area contributed by atoms with Gasteiger partial charge in [-0.15, -0.1) is 0 Å². The summed E-state index contributed by atoms with van der Waals surface area (Å²) in [4.78, 5) is 58.3. The van der Waals surface area contributed by atoms with Crippen molar-refractivity contribution in [3.63, 3.8) is 0 Å². The number of aliphatic hydroxyl groups is 24. The molecule has 48 heteroatoms. The van der Waals surface area contributed by atoms with E-state index in [1.807, 2.05) is 27.7 Å². The van der Waals surface area contributed by atoms with Gasteiger partial charge in [-0.1, -0.05) is 53.2 Å². The molecule has 52 atom stereocenters. The Labute approximate surface area is 783 Å². The number of aliphatic hydroxyl groups excluding tert-OH is 24. The Morgan fingerprint density at radius 2 is 0.978 bits per heavy atom. The minimum atomic E-state index is -2.34. The first-order chi connectivity index (χ1) is 63.7. The van der Waals surface area contributed by atoms with Crippen molar-refractivity contribution in [2.75, 3.05) is 39.6 Å². The highest BCUT2D eigenvalue weighted by Crippen LogP contribution is 2.76. The molecule has 45 unspecified atom stereocenters. The van der Waals surface area contributed by atoms with E-state index in [-0.39, 0.29) is 44.4 Å². The fourth-order valence-electron chi connectivity index (χ4n) is 23.4. The number of aldehydes is 1. The lowest BCUT2D eigenvalue weighted by Gasteiger charge is -2.71. The van der Waals surface area contributed by atoms with Gasteiger partial charge in [-0.3, -0.25) is 14.4 Å². The molecule has 0 aromatic rings. The van der Waals surface area contributed by atoms with Crippen LogP contribution in [-0.4, -0.2) is 462 Å². The third-order valence-electron chi connectivity index (χ3n) is 31.8. The molecular weight excluding hydrogens is 1820 g/mol. The summed E-state index contributed by atoms with van der Waals surface area (Å²) in [6.45, 7) is 15.9. The molecule has 782 valence electrons. The molecule has 0 spiro atoms. The number of esters is 2. The zero-order valence-corrected chi connectivity index (χ0v) is 78.0. The molecule has 13 aliphatic rings. The van der Waals surface area contributed by atoms with Crippen LogP contribution in [0.1, 0.15) is 148 Å². The van der Waals surface area contributed by atoms with Crippen LogP contribution in [-0.2, 0) is 109 Å². The van der Waals surface area contributed by atoms with Crippen molar-refractivity contribution in [3.8, 4) is 0 Å². The van der Waals surface area contributed by atoms with Crippen LogP contribution in [0.2, 0.25) is 0 Å². The van der Waals surface area contributed by atoms with E-state index in [1.165, 1.54) is 34.6 Å². The molecule has 4 saturated carbocycles. The summed E-state index contributed by atoms with van der Waals surface area (Å²) in [6.07, 6.45) is -77.4. The predicted molar refractivity (Wildman–Crippen MR) is 445 cm³/mol. The van der Waals surface area contributed by atoms with Crippen LogP contribution in [0.4, 0.5) is 0 Å². The quantitative estimate of drug-likeness (QED) is 0.0137. The second kappa shape index (κ2) is 42.7. The van der Waals surface area contributed by atoms with Crippen molar-refractivity contribution in [2.24, 2.45) is 50.2 Å². The summed E-state index contributed by atoms with van der Waals surface area (Å²) in [5.74, 6) is -4.97. The van der Waals surface area contributed by atoms with E-state index >= 15 is 4.79 Å². The number of carbonyl (C=O) groups is 4. The van der Waals surface area contributed by atoms with E-state index in [0.29, 0.717) is 25.5 Å². The van der Waals surface area contributed by atoms with E-state index in [0.717, 1.165) is 19.4 Å². The number of ether oxygens (including phenoxy) is 19. The maximum absolute atomic E-state index is 16.5. The van der Waals surface area contributed by atoms with Crippen LogP contribution in [0.25, 0.3) is 0 Å². The second-order valence-electron chi connectivity index (χ2n) is 41.5. The van der Waals surface area contributed by atoms with Gasteiger partial charge < -0.3 is 223 Å². The normalized spacial score (nSPS) is 50.2. The van der Waals surface area contributed by atoms with Crippen molar-refractivity contribution < 1.29 is 232 Å². The Balaban J connectivity index is 0.801. The van der Waals surface area contributed by atoms with Crippen molar-refractivity contribution in [1.82, 2.24) is 5.32 Å². The standard InChI is InChI=1S/C88H143NO47/c1-31(95)63(70(116)89-83(9,28-92)29-93)128-79(80(134-71-55(108)48(101)39(97)26-118-71)135-76-58(111)53(106)50(103)42(25-91)126-76)127-46-17-18-84(10)43(85(46,11)30-94)16-19-86(12)44(84)15-14-37-38-22-82(7,8)20-21-88(38,45(99)23-87(37,86)13)81(117)136-78-69(60(113)65(34(4)123-78)130-77-62(115)68(66(35(5)122-77)124-36(6)96)132-73-56(109)51(104)47(100)32(2)120-73)133-74-59(112)54(107)64(33(3)121-74)129-72-61(114)67(40(98)27-119-72)131-75-57(110)52(105)49(102)41(24-90)125-75/h14,30-35,38-69,71-80,90-93,95,97-115H,15-29H2,1-13H3,(H,89,116)/t31?,32?,33?,34?,35?,38?,39?,40?,41?,42?,43?,44?,45-,46+,47?,48?,49?,50?,51?,52?,53?,54?,55?,56?,57?,58?,59?,60?,61?,62?,63?,64?,65?,66?,67?,68?,69?,71?,72?,73?,74?,75?,76?,77?,78?,79?,80?,84+,85+,86-,87-,88-/m1/s1. The Morgan fingerprint density at radius 3 is 1.57 bits per heavy atom. The summed E-state index contributed by atoms with van der Waals surface area (Å²) in [5.41, 5.74) is -7.66. The third-order valence-corrected chi connectivity index (χ3v) is 31.8. The van der Waals surface area contributed by atoms with E-state index in [1.54, 1.807) is 6.92 Å². The Bertz CT molecular complexity index is 4020. The number of allylic oxidation sites excluding steroid dienone is 2. The smallest absolute Gasteiger partial charge is 0.317 e. The van der Waals surface area contributed by atoms with Gasteiger partial charge in [0.25, 0.3) is 5.91 Å². The lowest BCUT2D eigenvalue weighted by atomic mass is 9.33. The van der Waals surface area contributed by atoms with Crippen molar-refractivity contribution in [1.29, 1.82) is 0 Å². The van der Waals surface area contributed by atoms with E-state index < -0.39 is 378 Å². The summed E-state index contributed by atoms with van der Waals surface area (Å²) in [5, 5.41) is 271. The molecular formula is C88H143NO47. The number of nitrogens with one attached hydrogen (secondary N) is 1. The molecule has 136 heavy (non-hydrogen) atoms. The minimum Gasteiger partial charge on any atom is -0.457 e. The lowest BCUT2D eigenvalue weighted by molar-refractivity contribution is -0.413. The van der Waals surface area contributed by atoms with Crippen LogP contribution in [0.5, 0.6) is 0 Å². The lowest BCUT2D eigenvalue weighted by Crippen LogP contribution is -2.69. The Kier molecular flexibility index (Phi) is 34.4. The summed E-state index contributed by atoms with van der Waals surface area (Å²) in [7, 11) is 0. The fourth-order valence-corrected chi connectivity index (χ4v) is 23.4. The number of rotatable bonds is 30.